The van der Waals surface area contributed by atoms with Crippen molar-refractivity contribution in [3.8, 4) is 0 Å². The third-order valence-corrected chi connectivity index (χ3v) is 5.44. The maximum absolute atomic E-state index is 13.1. The van der Waals surface area contributed by atoms with E-state index in [1.165, 1.54) is 0 Å². The summed E-state index contributed by atoms with van der Waals surface area (Å²) < 4.78 is 5.94. The average Bonchev–Trinajstić information content (AvgIpc) is 3.22. The van der Waals surface area contributed by atoms with Crippen LogP contribution in [0.25, 0.3) is 10.8 Å². The van der Waals surface area contributed by atoms with Crippen LogP contribution >= 0.6 is 0 Å². The molecule has 2 fully saturated rings. The molecule has 3 aliphatic rings. The van der Waals surface area contributed by atoms with E-state index in [4.69, 9.17) is 4.74 Å². The second-order valence-electron chi connectivity index (χ2n) is 6.66. The summed E-state index contributed by atoms with van der Waals surface area (Å²) >= 11 is 0. The SMILES string of the molecule is O=C(O)C1C2C=CC3(CN(c4cccc5ccccc45)C(=O)C13)O2. The monoisotopic (exact) mass is 321 g/mol. The molecule has 2 aromatic rings. The molecule has 1 N–H and O–H groups in total. The third-order valence-electron chi connectivity index (χ3n) is 5.44. The summed E-state index contributed by atoms with van der Waals surface area (Å²) in [4.78, 5) is 26.4. The van der Waals surface area contributed by atoms with E-state index in [-0.39, 0.29) is 5.91 Å². The molecule has 4 unspecified atom stereocenters. The summed E-state index contributed by atoms with van der Waals surface area (Å²) in [7, 11) is 0. The molecule has 0 aromatic heterocycles. The molecule has 2 bridgehead atoms. The summed E-state index contributed by atoms with van der Waals surface area (Å²) in [6.45, 7) is 0.362. The van der Waals surface area contributed by atoms with Crippen LogP contribution in [0.4, 0.5) is 5.69 Å². The van der Waals surface area contributed by atoms with Gasteiger partial charge in [-0.1, -0.05) is 48.6 Å². The molecule has 5 rings (SSSR count). The lowest BCUT2D eigenvalue weighted by Crippen LogP contribution is -2.39. The van der Waals surface area contributed by atoms with Crippen LogP contribution in [0.2, 0.25) is 0 Å². The van der Waals surface area contributed by atoms with Gasteiger partial charge in [-0.15, -0.1) is 0 Å². The quantitative estimate of drug-likeness (QED) is 0.861. The molecule has 120 valence electrons. The number of anilines is 1. The minimum absolute atomic E-state index is 0.161. The van der Waals surface area contributed by atoms with Crippen molar-refractivity contribution in [2.75, 3.05) is 11.4 Å². The van der Waals surface area contributed by atoms with Gasteiger partial charge in [0.25, 0.3) is 0 Å². The van der Waals surface area contributed by atoms with Gasteiger partial charge in [0.1, 0.15) is 11.5 Å². The maximum Gasteiger partial charge on any atom is 0.310 e. The second-order valence-corrected chi connectivity index (χ2v) is 6.66. The predicted molar refractivity (Wildman–Crippen MR) is 87.7 cm³/mol. The number of nitrogens with zero attached hydrogens (tertiary/aromatic N) is 1. The van der Waals surface area contributed by atoms with E-state index in [1.54, 1.807) is 11.0 Å². The molecular formula is C19H15NO4. The Kier molecular flexibility index (Phi) is 2.55. The standard InChI is InChI=1S/C19H15NO4/c21-17-16-15(18(22)23)14-8-9-19(16,24-14)10-20(17)13-7-3-5-11-4-1-2-6-12(11)13/h1-9,14-16H,10H2,(H,22,23). The molecule has 3 aliphatic heterocycles. The van der Waals surface area contributed by atoms with Gasteiger partial charge in [-0.2, -0.15) is 0 Å². The zero-order valence-electron chi connectivity index (χ0n) is 12.8. The molecule has 1 amide bonds. The summed E-state index contributed by atoms with van der Waals surface area (Å²) in [6.07, 6.45) is 3.17. The molecule has 24 heavy (non-hydrogen) atoms. The van der Waals surface area contributed by atoms with Crippen LogP contribution in [-0.4, -0.2) is 35.2 Å². The highest BCUT2D eigenvalue weighted by Crippen LogP contribution is 2.53. The number of carboxylic acid groups (broad SMARTS) is 1. The number of carbonyl (C=O) groups is 2. The van der Waals surface area contributed by atoms with Gasteiger partial charge >= 0.3 is 5.97 Å². The number of rotatable bonds is 2. The molecule has 5 heteroatoms. The topological polar surface area (TPSA) is 66.8 Å². The number of hydrogen-bond acceptors (Lipinski definition) is 3. The van der Waals surface area contributed by atoms with Crippen LogP contribution in [0.15, 0.2) is 54.6 Å². The number of hydrogen-bond donors (Lipinski definition) is 1. The van der Waals surface area contributed by atoms with Gasteiger partial charge in [0.15, 0.2) is 0 Å². The molecule has 0 saturated carbocycles. The van der Waals surface area contributed by atoms with E-state index in [0.29, 0.717) is 6.54 Å². The number of benzene rings is 2. The number of ether oxygens (including phenoxy) is 1. The predicted octanol–water partition coefficient (Wildman–Crippen LogP) is 2.21. The molecule has 5 nitrogen and oxygen atoms in total. The fraction of sp³-hybridized carbons (Fsp3) is 0.263. The van der Waals surface area contributed by atoms with Crippen LogP contribution in [-0.2, 0) is 14.3 Å². The van der Waals surface area contributed by atoms with E-state index < -0.39 is 29.5 Å². The summed E-state index contributed by atoms with van der Waals surface area (Å²) in [6, 6.07) is 13.7. The second kappa shape index (κ2) is 4.45. The van der Waals surface area contributed by atoms with E-state index in [9.17, 15) is 14.7 Å². The first-order valence-corrected chi connectivity index (χ1v) is 8.00. The van der Waals surface area contributed by atoms with Crippen molar-refractivity contribution in [3.05, 3.63) is 54.6 Å². The van der Waals surface area contributed by atoms with Gasteiger partial charge in [-0.25, -0.2) is 0 Å². The summed E-state index contributed by atoms with van der Waals surface area (Å²) in [5.74, 6) is -2.58. The molecule has 3 heterocycles. The highest BCUT2D eigenvalue weighted by Gasteiger charge is 2.67. The lowest BCUT2D eigenvalue weighted by atomic mass is 9.77. The van der Waals surface area contributed by atoms with Crippen molar-refractivity contribution < 1.29 is 19.4 Å². The van der Waals surface area contributed by atoms with E-state index >= 15 is 0 Å². The number of fused-ring (bicyclic) bond motifs is 2. The van der Waals surface area contributed by atoms with E-state index in [0.717, 1.165) is 16.5 Å². The van der Waals surface area contributed by atoms with Crippen molar-refractivity contribution in [2.45, 2.75) is 11.7 Å². The first kappa shape index (κ1) is 13.7. The summed E-state index contributed by atoms with van der Waals surface area (Å²) in [5, 5.41) is 11.6. The molecular weight excluding hydrogens is 306 g/mol. The number of carbonyl (C=O) groups excluding carboxylic acids is 1. The van der Waals surface area contributed by atoms with E-state index in [1.807, 2.05) is 48.5 Å². The Bertz CT molecular complexity index is 915. The number of aliphatic carboxylic acids is 1. The van der Waals surface area contributed by atoms with Crippen molar-refractivity contribution in [3.63, 3.8) is 0 Å². The number of carboxylic acids is 1. The third kappa shape index (κ3) is 1.57. The smallest absolute Gasteiger partial charge is 0.310 e. The first-order chi connectivity index (χ1) is 11.6. The lowest BCUT2D eigenvalue weighted by Gasteiger charge is -2.22. The zero-order chi connectivity index (χ0) is 16.5. The maximum atomic E-state index is 13.1. The average molecular weight is 321 g/mol. The van der Waals surface area contributed by atoms with Crippen molar-refractivity contribution in [1.82, 2.24) is 0 Å². The molecule has 2 aromatic carbocycles. The summed E-state index contributed by atoms with van der Waals surface area (Å²) in [5.41, 5.74) is 0.00772. The van der Waals surface area contributed by atoms with Crippen LogP contribution in [0, 0.1) is 11.8 Å². The minimum atomic E-state index is -0.968. The van der Waals surface area contributed by atoms with Gasteiger partial charge in [-0.05, 0) is 11.5 Å². The van der Waals surface area contributed by atoms with Gasteiger partial charge in [0.2, 0.25) is 5.91 Å². The van der Waals surface area contributed by atoms with Crippen LogP contribution < -0.4 is 4.90 Å². The van der Waals surface area contributed by atoms with Gasteiger partial charge in [0, 0.05) is 5.39 Å². The van der Waals surface area contributed by atoms with Crippen LogP contribution in [0.5, 0.6) is 0 Å². The van der Waals surface area contributed by atoms with Crippen LogP contribution in [0.1, 0.15) is 0 Å². The Balaban J connectivity index is 1.64. The van der Waals surface area contributed by atoms with Gasteiger partial charge in [0.05, 0.1) is 24.3 Å². The molecule has 0 aliphatic carbocycles. The van der Waals surface area contributed by atoms with E-state index in [2.05, 4.69) is 0 Å². The normalized spacial score (nSPS) is 33.4. The first-order valence-electron chi connectivity index (χ1n) is 8.00. The van der Waals surface area contributed by atoms with Gasteiger partial charge < -0.3 is 14.7 Å². The van der Waals surface area contributed by atoms with Crippen molar-refractivity contribution in [1.29, 1.82) is 0 Å². The fourth-order valence-corrected chi connectivity index (χ4v) is 4.43. The number of amides is 1. The van der Waals surface area contributed by atoms with Gasteiger partial charge in [-0.3, -0.25) is 9.59 Å². The Morgan fingerprint density at radius 3 is 2.83 bits per heavy atom. The molecule has 4 atom stereocenters. The lowest BCUT2D eigenvalue weighted by molar-refractivity contribution is -0.146. The minimum Gasteiger partial charge on any atom is -0.481 e. The highest BCUT2D eigenvalue weighted by atomic mass is 16.5. The Morgan fingerprint density at radius 1 is 1.21 bits per heavy atom. The fourth-order valence-electron chi connectivity index (χ4n) is 4.43. The molecule has 1 spiro atoms. The Labute approximate surface area is 138 Å². The van der Waals surface area contributed by atoms with Crippen molar-refractivity contribution in [2.24, 2.45) is 11.8 Å². The molecule has 0 radical (unpaired) electrons. The zero-order valence-corrected chi connectivity index (χ0v) is 12.8. The van der Waals surface area contributed by atoms with Crippen molar-refractivity contribution >= 4 is 28.3 Å². The van der Waals surface area contributed by atoms with Crippen LogP contribution in [0.3, 0.4) is 0 Å². The molecule has 2 saturated heterocycles. The Morgan fingerprint density at radius 2 is 2.00 bits per heavy atom. The largest absolute Gasteiger partial charge is 0.481 e. The highest BCUT2D eigenvalue weighted by molar-refractivity contribution is 6.08. The Hall–Kier alpha value is -2.66.